The molecule has 4 aromatic rings. The fourth-order valence-electron chi connectivity index (χ4n) is 4.25. The zero-order chi connectivity index (χ0) is 24.0. The van der Waals surface area contributed by atoms with E-state index in [0.29, 0.717) is 33.8 Å². The molecule has 0 amide bonds. The number of hydrogen-bond acceptors (Lipinski definition) is 5. The molecule has 0 bridgehead atoms. The SMILES string of the molecule is C=C1c2ccccc2C(=O)c2c(O)c(Oc3cccc(C)c3)c(Oc3cccc(C)c3)c(N)c21. The summed E-state index contributed by atoms with van der Waals surface area (Å²) in [5, 5.41) is 11.4. The summed E-state index contributed by atoms with van der Waals surface area (Å²) >= 11 is 0. The summed E-state index contributed by atoms with van der Waals surface area (Å²) < 4.78 is 12.3. The van der Waals surface area contributed by atoms with Crippen LogP contribution >= 0.6 is 0 Å². The number of phenols is 1. The third-order valence-corrected chi connectivity index (χ3v) is 5.87. The van der Waals surface area contributed by atoms with Crippen LogP contribution in [0.25, 0.3) is 5.57 Å². The van der Waals surface area contributed by atoms with Gasteiger partial charge in [-0.3, -0.25) is 4.79 Å². The molecule has 0 spiro atoms. The van der Waals surface area contributed by atoms with Crippen molar-refractivity contribution >= 4 is 17.0 Å². The molecule has 0 saturated carbocycles. The lowest BCUT2D eigenvalue weighted by Gasteiger charge is -2.26. The number of nitrogens with two attached hydrogens (primary N) is 1. The first kappa shape index (κ1) is 21.3. The number of carbonyl (C=O) groups is 1. The maximum absolute atomic E-state index is 13.4. The summed E-state index contributed by atoms with van der Waals surface area (Å²) in [7, 11) is 0. The molecular weight excluding hydrogens is 426 g/mol. The number of rotatable bonds is 4. The summed E-state index contributed by atoms with van der Waals surface area (Å²) in [6.07, 6.45) is 0. The second kappa shape index (κ2) is 8.12. The molecule has 5 nitrogen and oxygen atoms in total. The van der Waals surface area contributed by atoms with E-state index < -0.39 is 0 Å². The second-order valence-corrected chi connectivity index (χ2v) is 8.36. The standard InChI is InChI=1S/C29H23NO4/c1-16-8-6-10-19(14-16)33-28-25(30)23-18(3)21-12-4-5-13-22(21)26(31)24(23)27(32)29(28)34-20-11-7-9-17(2)15-20/h4-15,32H,3,30H2,1-2H3. The third-order valence-electron chi connectivity index (χ3n) is 5.87. The smallest absolute Gasteiger partial charge is 0.214 e. The van der Waals surface area contributed by atoms with E-state index in [-0.39, 0.29) is 34.3 Å². The van der Waals surface area contributed by atoms with Crippen molar-refractivity contribution in [2.75, 3.05) is 5.73 Å². The van der Waals surface area contributed by atoms with Crippen molar-refractivity contribution in [2.24, 2.45) is 0 Å². The van der Waals surface area contributed by atoms with Gasteiger partial charge in [0.15, 0.2) is 17.3 Å². The van der Waals surface area contributed by atoms with E-state index in [1.54, 1.807) is 24.3 Å². The van der Waals surface area contributed by atoms with Crippen molar-refractivity contribution < 1.29 is 19.4 Å². The average molecular weight is 450 g/mol. The van der Waals surface area contributed by atoms with Crippen molar-refractivity contribution in [3.8, 4) is 28.7 Å². The van der Waals surface area contributed by atoms with E-state index in [1.807, 2.05) is 62.4 Å². The van der Waals surface area contributed by atoms with Crippen molar-refractivity contribution in [3.05, 3.63) is 113 Å². The van der Waals surface area contributed by atoms with Gasteiger partial charge in [0.05, 0.1) is 11.3 Å². The number of ketones is 1. The van der Waals surface area contributed by atoms with Crippen LogP contribution in [0.5, 0.6) is 28.7 Å². The average Bonchev–Trinajstić information content (AvgIpc) is 2.82. The lowest BCUT2D eigenvalue weighted by molar-refractivity contribution is 0.103. The number of ether oxygens (including phenoxy) is 2. The Bertz CT molecular complexity index is 1370. The van der Waals surface area contributed by atoms with Crippen molar-refractivity contribution in [1.29, 1.82) is 0 Å². The Morgan fingerprint density at radius 2 is 1.32 bits per heavy atom. The zero-order valence-corrected chi connectivity index (χ0v) is 18.9. The highest BCUT2D eigenvalue weighted by atomic mass is 16.5. The Balaban J connectivity index is 1.76. The molecule has 1 aliphatic carbocycles. The Morgan fingerprint density at radius 1 is 0.765 bits per heavy atom. The Kier molecular flexibility index (Phi) is 5.10. The fraction of sp³-hybridized carbons (Fsp3) is 0.0690. The predicted octanol–water partition coefficient (Wildman–Crippen LogP) is 6.78. The summed E-state index contributed by atoms with van der Waals surface area (Å²) in [4.78, 5) is 13.4. The van der Waals surface area contributed by atoms with Crippen LogP contribution in [0.2, 0.25) is 0 Å². The van der Waals surface area contributed by atoms with Gasteiger partial charge in [-0.05, 0) is 60.4 Å². The van der Waals surface area contributed by atoms with Gasteiger partial charge < -0.3 is 20.3 Å². The largest absolute Gasteiger partial charge is 0.504 e. The van der Waals surface area contributed by atoms with Gasteiger partial charge in [0.2, 0.25) is 5.75 Å². The molecular formula is C29H23NO4. The number of fused-ring (bicyclic) bond motifs is 2. The molecule has 0 aliphatic heterocycles. The van der Waals surface area contributed by atoms with Crippen molar-refractivity contribution in [3.63, 3.8) is 0 Å². The number of nitrogen functional groups attached to an aromatic ring is 1. The van der Waals surface area contributed by atoms with Crippen LogP contribution in [0.3, 0.4) is 0 Å². The molecule has 0 unspecified atom stereocenters. The van der Waals surface area contributed by atoms with Gasteiger partial charge >= 0.3 is 0 Å². The van der Waals surface area contributed by atoms with Gasteiger partial charge in [0.25, 0.3) is 0 Å². The minimum atomic E-state index is -0.349. The molecule has 34 heavy (non-hydrogen) atoms. The monoisotopic (exact) mass is 449 g/mol. The van der Waals surface area contributed by atoms with Gasteiger partial charge in [0, 0.05) is 11.1 Å². The highest BCUT2D eigenvalue weighted by molar-refractivity contribution is 6.22. The molecule has 0 aromatic heterocycles. The second-order valence-electron chi connectivity index (χ2n) is 8.36. The Morgan fingerprint density at radius 3 is 1.91 bits per heavy atom. The number of aryl methyl sites for hydroxylation is 2. The number of anilines is 1. The number of hydrogen-bond donors (Lipinski definition) is 2. The first-order valence-corrected chi connectivity index (χ1v) is 10.9. The van der Waals surface area contributed by atoms with Crippen LogP contribution in [0.15, 0.2) is 79.4 Å². The number of phenolic OH excluding ortho intramolecular Hbond substituents is 1. The van der Waals surface area contributed by atoms with Crippen LogP contribution in [0.4, 0.5) is 5.69 Å². The van der Waals surface area contributed by atoms with Crippen molar-refractivity contribution in [2.45, 2.75) is 13.8 Å². The highest BCUT2D eigenvalue weighted by Gasteiger charge is 2.35. The molecule has 5 heteroatoms. The molecule has 4 aromatic carbocycles. The lowest BCUT2D eigenvalue weighted by atomic mass is 9.80. The molecule has 0 atom stereocenters. The summed E-state index contributed by atoms with van der Waals surface area (Å²) in [6.45, 7) is 8.06. The summed E-state index contributed by atoms with van der Waals surface area (Å²) in [6, 6.07) is 21.9. The summed E-state index contributed by atoms with van der Waals surface area (Å²) in [5.74, 6) is 0.410. The van der Waals surface area contributed by atoms with E-state index in [0.717, 1.165) is 11.1 Å². The van der Waals surface area contributed by atoms with Crippen LogP contribution in [-0.4, -0.2) is 10.9 Å². The molecule has 5 rings (SSSR count). The zero-order valence-electron chi connectivity index (χ0n) is 18.9. The van der Waals surface area contributed by atoms with Crippen LogP contribution in [-0.2, 0) is 0 Å². The quantitative estimate of drug-likeness (QED) is 0.233. The normalized spacial score (nSPS) is 12.2. The van der Waals surface area contributed by atoms with Crippen LogP contribution in [0.1, 0.15) is 38.2 Å². The van der Waals surface area contributed by atoms with Gasteiger partial charge in [-0.15, -0.1) is 0 Å². The number of benzene rings is 4. The summed E-state index contributed by atoms with van der Waals surface area (Å²) in [5.41, 5.74) is 10.8. The first-order valence-electron chi connectivity index (χ1n) is 10.9. The Labute approximate surface area is 197 Å². The van der Waals surface area contributed by atoms with Crippen molar-refractivity contribution in [1.82, 2.24) is 0 Å². The van der Waals surface area contributed by atoms with Gasteiger partial charge in [-0.2, -0.15) is 0 Å². The van der Waals surface area contributed by atoms with Gasteiger partial charge in [-0.25, -0.2) is 0 Å². The highest BCUT2D eigenvalue weighted by Crippen LogP contribution is 2.54. The third kappa shape index (κ3) is 3.48. The Hall–Kier alpha value is -4.51. The van der Waals surface area contributed by atoms with E-state index in [4.69, 9.17) is 15.2 Å². The first-order chi connectivity index (χ1) is 16.3. The van der Waals surface area contributed by atoms with Gasteiger partial charge in [0.1, 0.15) is 11.5 Å². The molecule has 0 heterocycles. The number of aromatic hydroxyl groups is 1. The minimum Gasteiger partial charge on any atom is -0.504 e. The fourth-order valence-corrected chi connectivity index (χ4v) is 4.25. The maximum atomic E-state index is 13.4. The molecule has 0 saturated heterocycles. The topological polar surface area (TPSA) is 81.8 Å². The van der Waals surface area contributed by atoms with Gasteiger partial charge in [-0.1, -0.05) is 55.1 Å². The van der Waals surface area contributed by atoms with E-state index in [1.165, 1.54) is 0 Å². The van der Waals surface area contributed by atoms with E-state index >= 15 is 0 Å². The lowest BCUT2D eigenvalue weighted by Crippen LogP contribution is -2.17. The number of carbonyl (C=O) groups excluding carboxylic acids is 1. The minimum absolute atomic E-state index is 0.0242. The molecule has 0 fully saturated rings. The van der Waals surface area contributed by atoms with Crippen LogP contribution < -0.4 is 15.2 Å². The molecule has 3 N–H and O–H groups in total. The van der Waals surface area contributed by atoms with E-state index in [9.17, 15) is 9.90 Å². The van der Waals surface area contributed by atoms with E-state index in [2.05, 4.69) is 6.58 Å². The predicted molar refractivity (Wildman–Crippen MR) is 133 cm³/mol. The molecule has 1 aliphatic rings. The molecule has 0 radical (unpaired) electrons. The molecule has 168 valence electrons. The maximum Gasteiger partial charge on any atom is 0.214 e. The van der Waals surface area contributed by atoms with Crippen LogP contribution in [0, 0.1) is 13.8 Å².